The zero-order valence-electron chi connectivity index (χ0n) is 19.9. The number of piperazine rings is 1. The second kappa shape index (κ2) is 11.9. The third-order valence-electron chi connectivity index (χ3n) is 5.51. The highest BCUT2D eigenvalue weighted by Crippen LogP contribution is 2.16. The number of alkyl carbamates (subject to hydrolysis) is 1. The van der Waals surface area contributed by atoms with Gasteiger partial charge in [0.1, 0.15) is 11.4 Å². The van der Waals surface area contributed by atoms with Gasteiger partial charge in [-0.3, -0.25) is 4.99 Å². The molecule has 2 aliphatic heterocycles. The molecule has 1 aromatic rings. The zero-order chi connectivity index (χ0) is 22.4. The number of amides is 1. The quantitative estimate of drug-likeness (QED) is 0.332. The van der Waals surface area contributed by atoms with E-state index in [2.05, 4.69) is 48.4 Å². The summed E-state index contributed by atoms with van der Waals surface area (Å²) in [6.07, 6.45) is 2.38. The minimum absolute atomic E-state index is 0. The fraction of sp³-hybridized carbons (Fsp3) is 0.682. The molecule has 0 bridgehead atoms. The Labute approximate surface area is 209 Å². The lowest BCUT2D eigenvalue weighted by Gasteiger charge is -2.33. The van der Waals surface area contributed by atoms with Gasteiger partial charge in [0.15, 0.2) is 5.96 Å². The van der Waals surface area contributed by atoms with Gasteiger partial charge in [-0.25, -0.2) is 9.78 Å². The third kappa shape index (κ3) is 7.95. The summed E-state index contributed by atoms with van der Waals surface area (Å²) in [4.78, 5) is 27.9. The fourth-order valence-electron chi connectivity index (χ4n) is 3.84. The van der Waals surface area contributed by atoms with Crippen LogP contribution >= 0.6 is 24.0 Å². The highest BCUT2D eigenvalue weighted by molar-refractivity contribution is 14.0. The predicted octanol–water partition coefficient (Wildman–Crippen LogP) is 2.13. The van der Waals surface area contributed by atoms with Crippen molar-refractivity contribution >= 4 is 41.8 Å². The van der Waals surface area contributed by atoms with Gasteiger partial charge in [-0.15, -0.1) is 24.0 Å². The van der Waals surface area contributed by atoms with Crippen molar-refractivity contribution in [1.82, 2.24) is 25.4 Å². The minimum Gasteiger partial charge on any atom is -0.444 e. The molecule has 2 N–H and O–H groups in total. The van der Waals surface area contributed by atoms with E-state index in [1.54, 1.807) is 7.05 Å². The van der Waals surface area contributed by atoms with Gasteiger partial charge in [-0.05, 0) is 51.9 Å². The first kappa shape index (κ1) is 26.4. The summed E-state index contributed by atoms with van der Waals surface area (Å²) >= 11 is 0. The first-order valence-corrected chi connectivity index (χ1v) is 11.1. The second-order valence-corrected chi connectivity index (χ2v) is 9.29. The smallest absolute Gasteiger partial charge is 0.407 e. The molecule has 1 unspecified atom stereocenters. The van der Waals surface area contributed by atoms with Gasteiger partial charge in [-0.2, -0.15) is 0 Å². The Morgan fingerprint density at radius 1 is 1.25 bits per heavy atom. The number of carbonyl (C=O) groups is 1. The summed E-state index contributed by atoms with van der Waals surface area (Å²) in [7, 11) is 3.95. The molecule has 0 aromatic carbocycles. The van der Waals surface area contributed by atoms with Crippen LogP contribution in [-0.4, -0.2) is 91.8 Å². The van der Waals surface area contributed by atoms with E-state index in [1.165, 1.54) is 5.56 Å². The van der Waals surface area contributed by atoms with E-state index in [-0.39, 0.29) is 36.1 Å². The molecule has 1 amide bonds. The van der Waals surface area contributed by atoms with Crippen molar-refractivity contribution in [1.29, 1.82) is 0 Å². The van der Waals surface area contributed by atoms with Crippen LogP contribution < -0.4 is 15.5 Å². The van der Waals surface area contributed by atoms with Crippen LogP contribution in [0.4, 0.5) is 10.6 Å². The molecule has 0 aliphatic carbocycles. The summed E-state index contributed by atoms with van der Waals surface area (Å²) < 4.78 is 5.37. The molecule has 0 saturated carbocycles. The topological polar surface area (TPSA) is 85.3 Å². The molecule has 2 saturated heterocycles. The molecular weight excluding hydrogens is 521 g/mol. The summed E-state index contributed by atoms with van der Waals surface area (Å²) in [5.41, 5.74) is 0.681. The van der Waals surface area contributed by atoms with Crippen LogP contribution in [-0.2, 0) is 11.3 Å². The predicted molar refractivity (Wildman–Crippen MR) is 139 cm³/mol. The zero-order valence-corrected chi connectivity index (χ0v) is 22.3. The van der Waals surface area contributed by atoms with Crippen LogP contribution in [0.25, 0.3) is 0 Å². The van der Waals surface area contributed by atoms with E-state index in [4.69, 9.17) is 4.74 Å². The maximum Gasteiger partial charge on any atom is 0.407 e. The number of likely N-dealkylation sites (tertiary alicyclic amines) is 1. The van der Waals surface area contributed by atoms with Gasteiger partial charge in [0.2, 0.25) is 0 Å². The van der Waals surface area contributed by atoms with Gasteiger partial charge >= 0.3 is 6.09 Å². The number of pyridine rings is 1. The van der Waals surface area contributed by atoms with Crippen LogP contribution in [0.2, 0.25) is 0 Å². The second-order valence-electron chi connectivity index (χ2n) is 9.29. The lowest BCUT2D eigenvalue weighted by molar-refractivity contribution is 0.0507. The molecule has 3 rings (SSSR count). The van der Waals surface area contributed by atoms with Gasteiger partial charge < -0.3 is 30.1 Å². The van der Waals surface area contributed by atoms with E-state index >= 15 is 0 Å². The minimum atomic E-state index is -0.493. The maximum atomic E-state index is 12.0. The molecule has 3 heterocycles. The monoisotopic (exact) mass is 559 g/mol. The Kier molecular flexibility index (Phi) is 9.81. The molecule has 32 heavy (non-hydrogen) atoms. The van der Waals surface area contributed by atoms with Crippen molar-refractivity contribution in [3.05, 3.63) is 23.9 Å². The summed E-state index contributed by atoms with van der Waals surface area (Å²) in [5, 5.41) is 6.42. The Hall–Kier alpha value is -1.82. The summed E-state index contributed by atoms with van der Waals surface area (Å²) in [6, 6.07) is 4.25. The number of guanidine groups is 1. The van der Waals surface area contributed by atoms with Gasteiger partial charge in [0.25, 0.3) is 0 Å². The number of anilines is 1. The number of halogens is 1. The molecule has 1 atom stereocenters. The highest BCUT2D eigenvalue weighted by Gasteiger charge is 2.27. The van der Waals surface area contributed by atoms with Crippen LogP contribution in [0.5, 0.6) is 0 Å². The molecule has 180 valence electrons. The van der Waals surface area contributed by atoms with Crippen LogP contribution in [0.3, 0.4) is 0 Å². The van der Waals surface area contributed by atoms with Crippen LogP contribution in [0.15, 0.2) is 23.3 Å². The molecule has 0 spiro atoms. The molecule has 9 nitrogen and oxygen atoms in total. The van der Waals surface area contributed by atoms with Gasteiger partial charge in [0, 0.05) is 59.1 Å². The Morgan fingerprint density at radius 2 is 1.97 bits per heavy atom. The molecule has 10 heteroatoms. The van der Waals surface area contributed by atoms with E-state index < -0.39 is 5.60 Å². The average molecular weight is 559 g/mol. The molecule has 2 fully saturated rings. The third-order valence-corrected chi connectivity index (χ3v) is 5.51. The number of ether oxygens (including phenoxy) is 1. The number of nitrogens with zero attached hydrogens (tertiary/aromatic N) is 5. The van der Waals surface area contributed by atoms with Crippen molar-refractivity contribution in [2.75, 3.05) is 58.3 Å². The molecule has 1 aromatic heterocycles. The Bertz CT molecular complexity index is 776. The van der Waals surface area contributed by atoms with Crippen molar-refractivity contribution < 1.29 is 9.53 Å². The number of aliphatic imine (C=N–C) groups is 1. The lowest BCUT2D eigenvalue weighted by Crippen LogP contribution is -2.45. The SMILES string of the molecule is CN=C(NCc1ccnc(N2CCN(C)CC2)c1)N1CCC(NC(=O)OC(C)(C)C)C1.I. The van der Waals surface area contributed by atoms with Crippen molar-refractivity contribution in [3.63, 3.8) is 0 Å². The first-order valence-electron chi connectivity index (χ1n) is 11.1. The highest BCUT2D eigenvalue weighted by atomic mass is 127. The standard InChI is InChI=1S/C22H37N7O2.HI/c1-22(2,3)31-21(30)26-18-7-9-29(16-18)20(23-4)25-15-17-6-8-24-19(14-17)28-12-10-27(5)11-13-28;/h6,8,14,18H,7,9-13,15-16H2,1-5H3,(H,23,25)(H,26,30);1H. The number of aromatic nitrogens is 1. The average Bonchev–Trinajstić information content (AvgIpc) is 3.16. The van der Waals surface area contributed by atoms with E-state index in [9.17, 15) is 4.79 Å². The van der Waals surface area contributed by atoms with E-state index in [0.29, 0.717) is 13.1 Å². The van der Waals surface area contributed by atoms with E-state index in [0.717, 1.165) is 50.9 Å². The first-order chi connectivity index (χ1) is 14.7. The van der Waals surface area contributed by atoms with Crippen LogP contribution in [0, 0.1) is 0 Å². The van der Waals surface area contributed by atoms with Gasteiger partial charge in [-0.1, -0.05) is 0 Å². The number of carbonyl (C=O) groups excluding carboxylic acids is 1. The van der Waals surface area contributed by atoms with Crippen molar-refractivity contribution in [3.8, 4) is 0 Å². The Morgan fingerprint density at radius 3 is 2.62 bits per heavy atom. The Balaban J connectivity index is 0.00000363. The maximum absolute atomic E-state index is 12.0. The number of nitrogens with one attached hydrogen (secondary N) is 2. The number of likely N-dealkylation sites (N-methyl/N-ethyl adjacent to an activating group) is 1. The molecule has 2 aliphatic rings. The van der Waals surface area contributed by atoms with E-state index in [1.807, 2.05) is 33.0 Å². The fourth-order valence-corrected chi connectivity index (χ4v) is 3.84. The summed E-state index contributed by atoms with van der Waals surface area (Å²) in [5.74, 6) is 1.87. The summed E-state index contributed by atoms with van der Waals surface area (Å²) in [6.45, 7) is 12.0. The number of hydrogen-bond acceptors (Lipinski definition) is 6. The van der Waals surface area contributed by atoms with Crippen LogP contribution in [0.1, 0.15) is 32.8 Å². The largest absolute Gasteiger partial charge is 0.444 e. The lowest BCUT2D eigenvalue weighted by atomic mass is 10.2. The van der Waals surface area contributed by atoms with Crippen molar-refractivity contribution in [2.24, 2.45) is 4.99 Å². The molecular formula is C22H38IN7O2. The number of rotatable bonds is 4. The molecule has 0 radical (unpaired) electrons. The van der Waals surface area contributed by atoms with Gasteiger partial charge in [0.05, 0.1) is 6.04 Å². The van der Waals surface area contributed by atoms with Crippen molar-refractivity contribution in [2.45, 2.75) is 45.4 Å². The normalized spacial score (nSPS) is 20.0. The number of hydrogen-bond donors (Lipinski definition) is 2.